The summed E-state index contributed by atoms with van der Waals surface area (Å²) in [4.78, 5) is 0. The highest BCUT2D eigenvalue weighted by molar-refractivity contribution is 9.10. The molecule has 0 unspecified atom stereocenters. The van der Waals surface area contributed by atoms with Crippen LogP contribution in [0.3, 0.4) is 0 Å². The predicted octanol–water partition coefficient (Wildman–Crippen LogP) is 3.55. The van der Waals surface area contributed by atoms with Gasteiger partial charge >= 0.3 is 0 Å². The van der Waals surface area contributed by atoms with Gasteiger partial charge in [-0.15, -0.1) is 0 Å². The molecule has 0 aliphatic heterocycles. The molecule has 0 spiro atoms. The first-order valence-electron chi connectivity index (χ1n) is 5.71. The molecule has 0 atom stereocenters. The highest BCUT2D eigenvalue weighted by Crippen LogP contribution is 2.38. The fraction of sp³-hybridized carbons (Fsp3) is 0.308. The zero-order chi connectivity index (χ0) is 13.3. The van der Waals surface area contributed by atoms with Crippen LogP contribution in [0.2, 0.25) is 0 Å². The number of ether oxygens (including phenoxy) is 1. The van der Waals surface area contributed by atoms with E-state index in [-0.39, 0.29) is 0 Å². The summed E-state index contributed by atoms with van der Waals surface area (Å²) in [5, 5.41) is 6.92. The Balaban J connectivity index is 2.68. The molecule has 0 amide bonds. The molecule has 5 heteroatoms. The van der Waals surface area contributed by atoms with E-state index in [2.05, 4.69) is 40.0 Å². The van der Waals surface area contributed by atoms with Gasteiger partial charge < -0.3 is 10.5 Å². The van der Waals surface area contributed by atoms with Gasteiger partial charge in [0.25, 0.3) is 0 Å². The van der Waals surface area contributed by atoms with Crippen molar-refractivity contribution < 1.29 is 4.74 Å². The predicted molar refractivity (Wildman–Crippen MR) is 76.8 cm³/mol. The first-order chi connectivity index (χ1) is 8.52. The van der Waals surface area contributed by atoms with E-state index in [0.717, 1.165) is 27.0 Å². The van der Waals surface area contributed by atoms with Gasteiger partial charge in [0.15, 0.2) is 0 Å². The van der Waals surface area contributed by atoms with Gasteiger partial charge in [-0.25, -0.2) is 0 Å². The summed E-state index contributed by atoms with van der Waals surface area (Å²) in [6.07, 6.45) is 0. The lowest BCUT2D eigenvalue weighted by molar-refractivity contribution is 0.407. The molecule has 3 N–H and O–H groups in total. The third-order valence-electron chi connectivity index (χ3n) is 2.79. The van der Waals surface area contributed by atoms with Crippen LogP contribution in [0.15, 0.2) is 22.7 Å². The zero-order valence-electron chi connectivity index (χ0n) is 10.6. The maximum Gasteiger partial charge on any atom is 0.145 e. The SMILES string of the molecule is COc1cc(Br)cc(-c2cc(N)n[nH]2)c1C(C)C. The second-order valence-corrected chi connectivity index (χ2v) is 5.35. The maximum atomic E-state index is 5.67. The molecule has 0 fully saturated rings. The van der Waals surface area contributed by atoms with Gasteiger partial charge in [-0.3, -0.25) is 5.10 Å². The van der Waals surface area contributed by atoms with Crippen LogP contribution in [0, 0.1) is 0 Å². The monoisotopic (exact) mass is 309 g/mol. The number of hydrogen-bond donors (Lipinski definition) is 2. The molecular weight excluding hydrogens is 294 g/mol. The van der Waals surface area contributed by atoms with E-state index in [1.807, 2.05) is 18.2 Å². The molecule has 0 radical (unpaired) electrons. The number of hydrogen-bond acceptors (Lipinski definition) is 3. The number of nitrogen functional groups attached to an aromatic ring is 1. The van der Waals surface area contributed by atoms with E-state index in [1.54, 1.807) is 7.11 Å². The number of aromatic amines is 1. The normalized spacial score (nSPS) is 10.9. The molecular formula is C13H16BrN3O. The fourth-order valence-corrected chi connectivity index (χ4v) is 2.49. The van der Waals surface area contributed by atoms with Crippen molar-refractivity contribution in [2.24, 2.45) is 0 Å². The summed E-state index contributed by atoms with van der Waals surface area (Å²) < 4.78 is 6.43. The summed E-state index contributed by atoms with van der Waals surface area (Å²) in [7, 11) is 1.68. The second-order valence-electron chi connectivity index (χ2n) is 4.43. The van der Waals surface area contributed by atoms with Crippen molar-refractivity contribution in [1.29, 1.82) is 0 Å². The summed E-state index contributed by atoms with van der Waals surface area (Å²) in [6.45, 7) is 4.27. The summed E-state index contributed by atoms with van der Waals surface area (Å²) in [5.74, 6) is 1.69. The Morgan fingerprint density at radius 3 is 2.56 bits per heavy atom. The van der Waals surface area contributed by atoms with Crippen molar-refractivity contribution in [3.63, 3.8) is 0 Å². The molecule has 0 saturated heterocycles. The van der Waals surface area contributed by atoms with Crippen LogP contribution in [0.5, 0.6) is 5.75 Å². The summed E-state index contributed by atoms with van der Waals surface area (Å²) in [5.41, 5.74) is 8.76. The molecule has 0 aliphatic carbocycles. The van der Waals surface area contributed by atoms with Crippen LogP contribution in [0.1, 0.15) is 25.3 Å². The van der Waals surface area contributed by atoms with Crippen molar-refractivity contribution in [2.45, 2.75) is 19.8 Å². The van der Waals surface area contributed by atoms with Gasteiger partial charge in [0.2, 0.25) is 0 Å². The number of aromatic nitrogens is 2. The Morgan fingerprint density at radius 2 is 2.06 bits per heavy atom. The summed E-state index contributed by atoms with van der Waals surface area (Å²) >= 11 is 3.50. The lowest BCUT2D eigenvalue weighted by Crippen LogP contribution is -1.98. The van der Waals surface area contributed by atoms with Crippen LogP contribution in [0.25, 0.3) is 11.3 Å². The average molecular weight is 310 g/mol. The van der Waals surface area contributed by atoms with Crippen molar-refractivity contribution in [1.82, 2.24) is 10.2 Å². The van der Waals surface area contributed by atoms with E-state index in [4.69, 9.17) is 10.5 Å². The number of nitrogens with one attached hydrogen (secondary N) is 1. The van der Waals surface area contributed by atoms with Crippen molar-refractivity contribution in [2.75, 3.05) is 12.8 Å². The highest BCUT2D eigenvalue weighted by atomic mass is 79.9. The van der Waals surface area contributed by atoms with Gasteiger partial charge in [-0.2, -0.15) is 5.10 Å². The molecule has 18 heavy (non-hydrogen) atoms. The number of anilines is 1. The standard InChI is InChI=1S/C13H16BrN3O/c1-7(2)13-9(10-6-12(15)17-16-10)4-8(14)5-11(13)18-3/h4-7H,1-3H3,(H3,15,16,17). The van der Waals surface area contributed by atoms with Crippen molar-refractivity contribution >= 4 is 21.7 Å². The number of nitrogens with zero attached hydrogens (tertiary/aromatic N) is 1. The summed E-state index contributed by atoms with van der Waals surface area (Å²) in [6, 6.07) is 5.84. The molecule has 2 aromatic rings. The lowest BCUT2D eigenvalue weighted by Gasteiger charge is -2.16. The molecule has 0 aliphatic rings. The second kappa shape index (κ2) is 5.02. The lowest BCUT2D eigenvalue weighted by atomic mass is 9.94. The Labute approximate surface area is 115 Å². The highest BCUT2D eigenvalue weighted by Gasteiger charge is 2.17. The van der Waals surface area contributed by atoms with Crippen molar-refractivity contribution in [3.05, 3.63) is 28.2 Å². The van der Waals surface area contributed by atoms with Crippen molar-refractivity contribution in [3.8, 4) is 17.0 Å². The number of nitrogens with two attached hydrogens (primary N) is 1. The van der Waals surface area contributed by atoms with E-state index in [1.165, 1.54) is 0 Å². The van der Waals surface area contributed by atoms with Gasteiger partial charge in [-0.1, -0.05) is 29.8 Å². The molecule has 1 aromatic carbocycles. The minimum absolute atomic E-state index is 0.340. The van der Waals surface area contributed by atoms with Gasteiger partial charge in [0.1, 0.15) is 11.6 Å². The van der Waals surface area contributed by atoms with Crippen LogP contribution in [-0.2, 0) is 0 Å². The van der Waals surface area contributed by atoms with E-state index < -0.39 is 0 Å². The largest absolute Gasteiger partial charge is 0.496 e. The minimum Gasteiger partial charge on any atom is -0.496 e. The number of rotatable bonds is 3. The molecule has 4 nitrogen and oxygen atoms in total. The van der Waals surface area contributed by atoms with E-state index >= 15 is 0 Å². The minimum atomic E-state index is 0.340. The van der Waals surface area contributed by atoms with Crippen LogP contribution in [-0.4, -0.2) is 17.3 Å². The van der Waals surface area contributed by atoms with Crippen LogP contribution in [0.4, 0.5) is 5.82 Å². The number of methoxy groups -OCH3 is 1. The molecule has 0 saturated carbocycles. The number of benzene rings is 1. The first kappa shape index (κ1) is 13.0. The Morgan fingerprint density at radius 1 is 1.33 bits per heavy atom. The molecule has 1 aromatic heterocycles. The number of halogens is 1. The third-order valence-corrected chi connectivity index (χ3v) is 3.25. The maximum absolute atomic E-state index is 5.67. The Hall–Kier alpha value is -1.49. The van der Waals surface area contributed by atoms with Gasteiger partial charge in [0.05, 0.1) is 12.8 Å². The quantitative estimate of drug-likeness (QED) is 0.911. The first-order valence-corrected chi connectivity index (χ1v) is 6.51. The molecule has 2 rings (SSSR count). The fourth-order valence-electron chi connectivity index (χ4n) is 2.06. The van der Waals surface area contributed by atoms with E-state index in [9.17, 15) is 0 Å². The van der Waals surface area contributed by atoms with Crippen LogP contribution < -0.4 is 10.5 Å². The zero-order valence-corrected chi connectivity index (χ0v) is 12.2. The average Bonchev–Trinajstić information content (AvgIpc) is 2.74. The van der Waals surface area contributed by atoms with Crippen LogP contribution >= 0.6 is 15.9 Å². The molecule has 0 bridgehead atoms. The van der Waals surface area contributed by atoms with Gasteiger partial charge in [-0.05, 0) is 18.1 Å². The Kier molecular flexibility index (Phi) is 3.61. The molecule has 96 valence electrons. The Bertz CT molecular complexity index is 563. The van der Waals surface area contributed by atoms with Gasteiger partial charge in [0, 0.05) is 21.7 Å². The third kappa shape index (κ3) is 2.36. The smallest absolute Gasteiger partial charge is 0.145 e. The number of H-pyrrole nitrogens is 1. The van der Waals surface area contributed by atoms with E-state index in [0.29, 0.717) is 11.7 Å². The topological polar surface area (TPSA) is 63.9 Å². The molecule has 1 heterocycles.